The number of aromatic nitrogens is 2. The number of aldehydes is 1. The van der Waals surface area contributed by atoms with Crippen LogP contribution in [0.15, 0.2) is 59.9 Å². The summed E-state index contributed by atoms with van der Waals surface area (Å²) < 4.78 is 30.3. The minimum atomic E-state index is -3.42. The van der Waals surface area contributed by atoms with E-state index in [1.165, 1.54) is 6.20 Å². The molecule has 9 nitrogen and oxygen atoms in total. The molecular weight excluding hydrogens is 478 g/mol. The van der Waals surface area contributed by atoms with E-state index in [4.69, 9.17) is 9.72 Å². The van der Waals surface area contributed by atoms with Crippen molar-refractivity contribution in [3.63, 3.8) is 0 Å². The lowest BCUT2D eigenvalue weighted by molar-refractivity contribution is -0.109. The molecule has 5 rings (SSSR count). The van der Waals surface area contributed by atoms with Crippen LogP contribution < -0.4 is 15.5 Å². The number of rotatable bonds is 7. The van der Waals surface area contributed by atoms with Gasteiger partial charge in [-0.15, -0.1) is 0 Å². The number of ether oxygens (including phenoxy) is 1. The Morgan fingerprint density at radius 3 is 2.67 bits per heavy atom. The van der Waals surface area contributed by atoms with E-state index >= 15 is 0 Å². The van der Waals surface area contributed by atoms with Crippen LogP contribution in [0.25, 0.3) is 17.3 Å². The van der Waals surface area contributed by atoms with Gasteiger partial charge in [-0.3, -0.25) is 4.98 Å². The molecule has 0 bridgehead atoms. The molecule has 3 aromatic rings. The lowest BCUT2D eigenvalue weighted by Gasteiger charge is -2.29. The summed E-state index contributed by atoms with van der Waals surface area (Å²) in [6.07, 6.45) is 7.37. The molecule has 10 heteroatoms. The average Bonchev–Trinajstić information content (AvgIpc) is 2.93. The quantitative estimate of drug-likeness (QED) is 0.467. The number of pyridine rings is 2. The Balaban J connectivity index is 1.53. The number of nitrogens with zero attached hydrogens (tertiary/aromatic N) is 3. The molecule has 2 aliphatic rings. The van der Waals surface area contributed by atoms with Crippen LogP contribution in [0.4, 0.5) is 17.2 Å². The SMILES string of the molecule is CCS(=O)(=O)c1cncc(-c2cc3c(c(Nc4ccc(N5CCOCC5)cc4)n2)C(C=O)NC=C3)c1. The number of hydrogen-bond donors (Lipinski definition) is 2. The van der Waals surface area contributed by atoms with E-state index in [1.54, 1.807) is 25.4 Å². The standard InChI is InChI=1S/C26H27N5O4S/c1-2-36(33,34)22-13-19(15-27-16-22)23-14-18-7-8-28-24(17-32)25(18)26(30-23)29-20-3-5-21(6-4-20)31-9-11-35-12-10-31/h3-8,13-17,24,28H,2,9-12H2,1H3,(H,29,30). The maximum Gasteiger partial charge on any atom is 0.179 e. The molecule has 1 saturated heterocycles. The number of hydrogen-bond acceptors (Lipinski definition) is 9. The molecule has 4 heterocycles. The first-order valence-electron chi connectivity index (χ1n) is 11.8. The normalized spacial score (nSPS) is 17.2. The number of carbonyl (C=O) groups is 1. The first-order valence-corrected chi connectivity index (χ1v) is 13.4. The second-order valence-corrected chi connectivity index (χ2v) is 10.8. The van der Waals surface area contributed by atoms with E-state index < -0.39 is 15.9 Å². The molecule has 1 fully saturated rings. The molecule has 0 radical (unpaired) electrons. The Labute approximate surface area is 210 Å². The van der Waals surface area contributed by atoms with Crippen LogP contribution in [0, 0.1) is 0 Å². The molecule has 1 aromatic carbocycles. The number of fused-ring (bicyclic) bond motifs is 1. The second-order valence-electron chi connectivity index (χ2n) is 8.56. The molecule has 186 valence electrons. The molecule has 0 aliphatic carbocycles. The van der Waals surface area contributed by atoms with E-state index in [9.17, 15) is 13.2 Å². The maximum absolute atomic E-state index is 12.4. The molecule has 2 aliphatic heterocycles. The summed E-state index contributed by atoms with van der Waals surface area (Å²) >= 11 is 0. The van der Waals surface area contributed by atoms with Crippen molar-refractivity contribution in [3.05, 3.63) is 66.1 Å². The third-order valence-electron chi connectivity index (χ3n) is 6.33. The highest BCUT2D eigenvalue weighted by Crippen LogP contribution is 2.34. The molecular formula is C26H27N5O4S. The van der Waals surface area contributed by atoms with Crippen LogP contribution in [0.1, 0.15) is 24.1 Å². The van der Waals surface area contributed by atoms with Crippen LogP contribution in [0.3, 0.4) is 0 Å². The Morgan fingerprint density at radius 2 is 1.94 bits per heavy atom. The van der Waals surface area contributed by atoms with Gasteiger partial charge in [-0.2, -0.15) is 0 Å². The molecule has 0 spiro atoms. The van der Waals surface area contributed by atoms with Gasteiger partial charge in [-0.1, -0.05) is 6.92 Å². The van der Waals surface area contributed by atoms with Crippen LogP contribution in [0.2, 0.25) is 0 Å². The van der Waals surface area contributed by atoms with Gasteiger partial charge in [0.15, 0.2) is 9.84 Å². The Morgan fingerprint density at radius 1 is 1.17 bits per heavy atom. The first kappa shape index (κ1) is 24.0. The molecule has 0 amide bonds. The van der Waals surface area contributed by atoms with Crippen LogP contribution in [-0.2, 0) is 19.4 Å². The van der Waals surface area contributed by atoms with Crippen LogP contribution in [-0.4, -0.2) is 56.7 Å². The van der Waals surface area contributed by atoms with Gasteiger partial charge in [0, 0.05) is 48.0 Å². The molecule has 0 saturated carbocycles. The van der Waals surface area contributed by atoms with Crippen molar-refractivity contribution in [3.8, 4) is 11.3 Å². The average molecular weight is 506 g/mol. The van der Waals surface area contributed by atoms with E-state index in [0.717, 1.165) is 41.9 Å². The summed E-state index contributed by atoms with van der Waals surface area (Å²) in [5.41, 5.74) is 4.60. The summed E-state index contributed by atoms with van der Waals surface area (Å²) in [4.78, 5) is 23.2. The fourth-order valence-electron chi connectivity index (χ4n) is 4.32. The number of morpholine rings is 1. The predicted octanol–water partition coefficient (Wildman–Crippen LogP) is 3.33. The fraction of sp³-hybridized carbons (Fsp3) is 0.269. The summed E-state index contributed by atoms with van der Waals surface area (Å²) in [7, 11) is -3.42. The van der Waals surface area contributed by atoms with Crippen molar-refractivity contribution >= 4 is 39.4 Å². The number of sulfone groups is 1. The van der Waals surface area contributed by atoms with Gasteiger partial charge in [-0.05, 0) is 54.2 Å². The third kappa shape index (κ3) is 4.82. The van der Waals surface area contributed by atoms with Crippen molar-refractivity contribution in [1.29, 1.82) is 0 Å². The minimum absolute atomic E-state index is 0.0155. The summed E-state index contributed by atoms with van der Waals surface area (Å²) in [6, 6.07) is 10.9. The Kier molecular flexibility index (Phi) is 6.71. The van der Waals surface area contributed by atoms with Gasteiger partial charge in [-0.25, -0.2) is 13.4 Å². The first-order chi connectivity index (χ1) is 17.5. The summed E-state index contributed by atoms with van der Waals surface area (Å²) in [6.45, 7) is 4.73. The maximum atomic E-state index is 12.4. The van der Waals surface area contributed by atoms with Crippen LogP contribution >= 0.6 is 0 Å². The molecule has 1 unspecified atom stereocenters. The molecule has 1 atom stereocenters. The van der Waals surface area contributed by atoms with Gasteiger partial charge < -0.3 is 25.1 Å². The summed E-state index contributed by atoms with van der Waals surface area (Å²) in [5, 5.41) is 6.43. The monoisotopic (exact) mass is 505 g/mol. The van der Waals surface area contributed by atoms with E-state index in [1.807, 2.05) is 36.4 Å². The summed E-state index contributed by atoms with van der Waals surface area (Å²) in [5.74, 6) is 0.498. The van der Waals surface area contributed by atoms with E-state index in [0.29, 0.717) is 30.3 Å². The lowest BCUT2D eigenvalue weighted by Crippen LogP contribution is -2.36. The Hall–Kier alpha value is -3.76. The number of carbonyl (C=O) groups excluding carboxylic acids is 1. The Bertz CT molecular complexity index is 1400. The highest BCUT2D eigenvalue weighted by molar-refractivity contribution is 7.91. The van der Waals surface area contributed by atoms with Gasteiger partial charge in [0.05, 0.1) is 29.6 Å². The topological polar surface area (TPSA) is 114 Å². The number of benzene rings is 1. The number of nitrogens with one attached hydrogen (secondary N) is 2. The van der Waals surface area contributed by atoms with Gasteiger partial charge in [0.2, 0.25) is 0 Å². The minimum Gasteiger partial charge on any atom is -0.378 e. The zero-order valence-electron chi connectivity index (χ0n) is 19.8. The van der Waals surface area contributed by atoms with Crippen molar-refractivity contribution < 1.29 is 17.9 Å². The van der Waals surface area contributed by atoms with Gasteiger partial charge in [0.25, 0.3) is 0 Å². The highest BCUT2D eigenvalue weighted by atomic mass is 32.2. The molecule has 36 heavy (non-hydrogen) atoms. The zero-order chi connectivity index (χ0) is 25.1. The van der Waals surface area contributed by atoms with E-state index in [2.05, 4.69) is 20.5 Å². The van der Waals surface area contributed by atoms with Crippen molar-refractivity contribution in [1.82, 2.24) is 15.3 Å². The largest absolute Gasteiger partial charge is 0.378 e. The number of anilines is 3. The van der Waals surface area contributed by atoms with Crippen LogP contribution in [0.5, 0.6) is 0 Å². The fourth-order valence-corrected chi connectivity index (χ4v) is 5.19. The van der Waals surface area contributed by atoms with Crippen molar-refractivity contribution in [2.45, 2.75) is 17.9 Å². The lowest BCUT2D eigenvalue weighted by atomic mass is 9.97. The third-order valence-corrected chi connectivity index (χ3v) is 8.03. The predicted molar refractivity (Wildman–Crippen MR) is 139 cm³/mol. The van der Waals surface area contributed by atoms with E-state index in [-0.39, 0.29) is 10.6 Å². The second kappa shape index (κ2) is 10.1. The zero-order valence-corrected chi connectivity index (χ0v) is 20.7. The van der Waals surface area contributed by atoms with Crippen molar-refractivity contribution in [2.24, 2.45) is 0 Å². The highest BCUT2D eigenvalue weighted by Gasteiger charge is 2.23. The van der Waals surface area contributed by atoms with Gasteiger partial charge >= 0.3 is 0 Å². The van der Waals surface area contributed by atoms with Gasteiger partial charge in [0.1, 0.15) is 18.1 Å². The molecule has 2 N–H and O–H groups in total. The smallest absolute Gasteiger partial charge is 0.179 e. The molecule has 2 aromatic heterocycles. The van der Waals surface area contributed by atoms with Crippen molar-refractivity contribution in [2.75, 3.05) is 42.3 Å².